The molecule has 1 atom stereocenters. The van der Waals surface area contributed by atoms with Gasteiger partial charge in [-0.3, -0.25) is 0 Å². The summed E-state index contributed by atoms with van der Waals surface area (Å²) in [4.78, 5) is 2.16. The Morgan fingerprint density at radius 1 is 1.24 bits per heavy atom. The number of hydrogen-bond donors (Lipinski definition) is 1. The number of hydrogen-bond acceptors (Lipinski definition) is 2. The van der Waals surface area contributed by atoms with Gasteiger partial charge < -0.3 is 10.2 Å². The first-order valence-corrected chi connectivity index (χ1v) is 6.61. The van der Waals surface area contributed by atoms with E-state index < -0.39 is 0 Å². The molecular weight excluding hydrogens is 255 g/mol. The molecule has 1 rings (SSSR count). The molecule has 0 saturated carbocycles. The second-order valence-corrected chi connectivity index (χ2v) is 5.24. The van der Waals surface area contributed by atoms with E-state index in [0.717, 1.165) is 35.1 Å². The predicted molar refractivity (Wildman–Crippen MR) is 76.2 cm³/mol. The van der Waals surface area contributed by atoms with Crippen molar-refractivity contribution in [2.24, 2.45) is 0 Å². The molecule has 17 heavy (non-hydrogen) atoms. The van der Waals surface area contributed by atoms with Gasteiger partial charge in [0.1, 0.15) is 0 Å². The highest BCUT2D eigenvalue weighted by Crippen LogP contribution is 2.25. The third-order valence-electron chi connectivity index (χ3n) is 2.59. The first-order chi connectivity index (χ1) is 8.04. The topological polar surface area (TPSA) is 15.3 Å². The Balaban J connectivity index is 2.78. The molecular formula is C13H20Cl2N2. The van der Waals surface area contributed by atoms with Crippen LogP contribution in [0.4, 0.5) is 0 Å². The molecule has 96 valence electrons. The van der Waals surface area contributed by atoms with Crippen molar-refractivity contribution < 1.29 is 0 Å². The minimum absolute atomic E-state index is 0.368. The molecule has 1 aromatic rings. The molecule has 0 heterocycles. The quantitative estimate of drug-likeness (QED) is 0.858. The number of nitrogens with one attached hydrogen (secondary N) is 1. The Bertz CT molecular complexity index is 333. The zero-order chi connectivity index (χ0) is 12.8. The van der Waals surface area contributed by atoms with Crippen molar-refractivity contribution in [1.29, 1.82) is 0 Å². The minimum atomic E-state index is 0.368. The smallest absolute Gasteiger partial charge is 0.0453 e. The van der Waals surface area contributed by atoms with E-state index in [1.54, 1.807) is 0 Å². The van der Waals surface area contributed by atoms with Crippen LogP contribution >= 0.6 is 23.2 Å². The molecule has 0 aromatic heterocycles. The van der Waals surface area contributed by atoms with Crippen LogP contribution in [0, 0.1) is 0 Å². The van der Waals surface area contributed by atoms with Crippen LogP contribution in [0.5, 0.6) is 0 Å². The maximum Gasteiger partial charge on any atom is 0.0453 e. The van der Waals surface area contributed by atoms with E-state index in [2.05, 4.69) is 31.2 Å². The van der Waals surface area contributed by atoms with Crippen molar-refractivity contribution in [2.45, 2.75) is 19.4 Å². The first-order valence-electron chi connectivity index (χ1n) is 5.85. The molecule has 0 aliphatic rings. The number of benzene rings is 1. The number of rotatable bonds is 6. The van der Waals surface area contributed by atoms with Gasteiger partial charge in [-0.05, 0) is 44.8 Å². The van der Waals surface area contributed by atoms with Crippen LogP contribution in [0.3, 0.4) is 0 Å². The summed E-state index contributed by atoms with van der Waals surface area (Å²) in [5.74, 6) is 0. The zero-order valence-corrected chi connectivity index (χ0v) is 12.1. The maximum atomic E-state index is 6.18. The third kappa shape index (κ3) is 4.84. The SMILES string of the molecule is CCNC(Cc1c(Cl)cccc1Cl)CN(C)C. The van der Waals surface area contributed by atoms with E-state index in [1.807, 2.05) is 18.2 Å². The van der Waals surface area contributed by atoms with Crippen LogP contribution in [0.15, 0.2) is 18.2 Å². The maximum absolute atomic E-state index is 6.18. The van der Waals surface area contributed by atoms with Crippen LogP contribution in [0.25, 0.3) is 0 Å². The molecule has 0 aliphatic carbocycles. The average Bonchev–Trinajstić information content (AvgIpc) is 2.23. The zero-order valence-electron chi connectivity index (χ0n) is 10.6. The molecule has 4 heteroatoms. The van der Waals surface area contributed by atoms with Crippen molar-refractivity contribution >= 4 is 23.2 Å². The Morgan fingerprint density at radius 2 is 1.82 bits per heavy atom. The van der Waals surface area contributed by atoms with Gasteiger partial charge in [-0.25, -0.2) is 0 Å². The molecule has 0 saturated heterocycles. The summed E-state index contributed by atoms with van der Waals surface area (Å²) in [6, 6.07) is 6.03. The molecule has 1 aromatic carbocycles. The molecule has 0 spiro atoms. The lowest BCUT2D eigenvalue weighted by Crippen LogP contribution is -2.39. The molecule has 0 radical (unpaired) electrons. The van der Waals surface area contributed by atoms with Gasteiger partial charge in [-0.1, -0.05) is 36.2 Å². The molecule has 0 fully saturated rings. The molecule has 2 nitrogen and oxygen atoms in total. The van der Waals surface area contributed by atoms with Crippen molar-refractivity contribution in [3.8, 4) is 0 Å². The van der Waals surface area contributed by atoms with E-state index in [4.69, 9.17) is 23.2 Å². The van der Waals surface area contributed by atoms with E-state index in [0.29, 0.717) is 6.04 Å². The second-order valence-electron chi connectivity index (χ2n) is 4.42. The molecule has 0 amide bonds. The summed E-state index contributed by atoms with van der Waals surface area (Å²) in [7, 11) is 4.14. The summed E-state index contributed by atoms with van der Waals surface area (Å²) in [5, 5.41) is 4.96. The van der Waals surface area contributed by atoms with E-state index >= 15 is 0 Å². The second kappa shape index (κ2) is 7.22. The van der Waals surface area contributed by atoms with E-state index in [9.17, 15) is 0 Å². The summed E-state index contributed by atoms with van der Waals surface area (Å²) >= 11 is 12.4. The number of likely N-dealkylation sites (N-methyl/N-ethyl adjacent to an activating group) is 2. The summed E-state index contributed by atoms with van der Waals surface area (Å²) < 4.78 is 0. The highest BCUT2D eigenvalue weighted by Gasteiger charge is 2.13. The highest BCUT2D eigenvalue weighted by molar-refractivity contribution is 6.35. The molecule has 0 bridgehead atoms. The highest BCUT2D eigenvalue weighted by atomic mass is 35.5. The summed E-state index contributed by atoms with van der Waals surface area (Å²) in [6.07, 6.45) is 0.852. The van der Waals surface area contributed by atoms with Gasteiger partial charge >= 0.3 is 0 Å². The normalized spacial score (nSPS) is 13.1. The van der Waals surface area contributed by atoms with Crippen LogP contribution in [0.2, 0.25) is 10.0 Å². The van der Waals surface area contributed by atoms with Crippen LogP contribution in [0.1, 0.15) is 12.5 Å². The van der Waals surface area contributed by atoms with Crippen LogP contribution in [-0.2, 0) is 6.42 Å². The van der Waals surface area contributed by atoms with Gasteiger partial charge in [-0.2, -0.15) is 0 Å². The van der Waals surface area contributed by atoms with Gasteiger partial charge in [0.25, 0.3) is 0 Å². The van der Waals surface area contributed by atoms with Crippen molar-refractivity contribution in [1.82, 2.24) is 10.2 Å². The van der Waals surface area contributed by atoms with Crippen LogP contribution < -0.4 is 5.32 Å². The fourth-order valence-electron chi connectivity index (χ4n) is 1.90. The Kier molecular flexibility index (Phi) is 6.28. The lowest BCUT2D eigenvalue weighted by atomic mass is 10.1. The van der Waals surface area contributed by atoms with Crippen molar-refractivity contribution in [2.75, 3.05) is 27.2 Å². The fraction of sp³-hybridized carbons (Fsp3) is 0.538. The van der Waals surface area contributed by atoms with Gasteiger partial charge in [0, 0.05) is 22.6 Å². The van der Waals surface area contributed by atoms with Crippen molar-refractivity contribution in [3.05, 3.63) is 33.8 Å². The number of halogens is 2. The molecule has 0 aliphatic heterocycles. The predicted octanol–water partition coefficient (Wildman–Crippen LogP) is 3.08. The third-order valence-corrected chi connectivity index (χ3v) is 3.30. The monoisotopic (exact) mass is 274 g/mol. The van der Waals surface area contributed by atoms with Crippen molar-refractivity contribution in [3.63, 3.8) is 0 Å². The Labute approximate surface area is 114 Å². The Hall–Kier alpha value is -0.280. The van der Waals surface area contributed by atoms with Gasteiger partial charge in [0.05, 0.1) is 0 Å². The lowest BCUT2D eigenvalue weighted by molar-refractivity contribution is 0.339. The lowest BCUT2D eigenvalue weighted by Gasteiger charge is -2.22. The minimum Gasteiger partial charge on any atom is -0.313 e. The van der Waals surface area contributed by atoms with E-state index in [-0.39, 0.29) is 0 Å². The molecule has 1 unspecified atom stereocenters. The van der Waals surface area contributed by atoms with Crippen LogP contribution in [-0.4, -0.2) is 38.1 Å². The summed E-state index contributed by atoms with van der Waals surface area (Å²) in [6.45, 7) is 4.02. The average molecular weight is 275 g/mol. The largest absolute Gasteiger partial charge is 0.313 e. The molecule has 1 N–H and O–H groups in total. The number of nitrogens with zero attached hydrogens (tertiary/aromatic N) is 1. The first kappa shape index (κ1) is 14.8. The standard InChI is InChI=1S/C13H20Cl2N2/c1-4-16-10(9-17(2)3)8-11-12(14)6-5-7-13(11)15/h5-7,10,16H,4,8-9H2,1-3H3. The van der Waals surface area contributed by atoms with Gasteiger partial charge in [0.2, 0.25) is 0 Å². The summed E-state index contributed by atoms with van der Waals surface area (Å²) in [5.41, 5.74) is 1.03. The Morgan fingerprint density at radius 3 is 2.29 bits per heavy atom. The van der Waals surface area contributed by atoms with E-state index in [1.165, 1.54) is 0 Å². The van der Waals surface area contributed by atoms with Gasteiger partial charge in [-0.15, -0.1) is 0 Å². The fourth-order valence-corrected chi connectivity index (χ4v) is 2.46. The van der Waals surface area contributed by atoms with Gasteiger partial charge in [0.15, 0.2) is 0 Å².